The number of rotatable bonds is 5. The van der Waals surface area contributed by atoms with Crippen LogP contribution in [0.4, 0.5) is 10.2 Å². The third-order valence-electron chi connectivity index (χ3n) is 4.15. The molecule has 5 nitrogen and oxygen atoms in total. The van der Waals surface area contributed by atoms with Gasteiger partial charge in [0.2, 0.25) is 0 Å². The highest BCUT2D eigenvalue weighted by Gasteiger charge is 2.19. The Hall–Kier alpha value is -2.50. The number of nitrogens with zero attached hydrogens (tertiary/aromatic N) is 3. The van der Waals surface area contributed by atoms with E-state index in [4.69, 9.17) is 0 Å². The van der Waals surface area contributed by atoms with Crippen molar-refractivity contribution in [2.75, 3.05) is 25.0 Å². The maximum Gasteiger partial charge on any atom is 0.274 e. The molecule has 2 aromatic rings. The topological polar surface area (TPSA) is 58.1 Å². The molecule has 1 saturated heterocycles. The number of hydrogen-bond donors (Lipinski definition) is 1. The molecule has 0 bridgehead atoms. The lowest BCUT2D eigenvalue weighted by molar-refractivity contribution is 0.0718. The van der Waals surface area contributed by atoms with Crippen LogP contribution in [0.25, 0.3) is 0 Å². The minimum atomic E-state index is -0.230. The zero-order chi connectivity index (χ0) is 16.8. The molecule has 1 aromatic carbocycles. The molecule has 0 radical (unpaired) electrons. The van der Waals surface area contributed by atoms with Crippen LogP contribution in [-0.4, -0.2) is 40.4 Å². The Labute approximate surface area is 140 Å². The second-order valence-electron chi connectivity index (χ2n) is 5.94. The van der Waals surface area contributed by atoms with Gasteiger partial charge in [0.25, 0.3) is 5.91 Å². The third-order valence-corrected chi connectivity index (χ3v) is 4.15. The summed E-state index contributed by atoms with van der Waals surface area (Å²) >= 11 is 0. The van der Waals surface area contributed by atoms with Crippen molar-refractivity contribution in [1.82, 2.24) is 14.9 Å². The first kappa shape index (κ1) is 16.4. The Morgan fingerprint density at radius 2 is 1.83 bits per heavy atom. The van der Waals surface area contributed by atoms with Crippen LogP contribution in [0.5, 0.6) is 0 Å². The van der Waals surface area contributed by atoms with Crippen molar-refractivity contribution in [3.8, 4) is 0 Å². The Balaban J connectivity index is 1.50. The summed E-state index contributed by atoms with van der Waals surface area (Å²) in [4.78, 5) is 22.6. The summed E-state index contributed by atoms with van der Waals surface area (Å²) in [6.07, 6.45) is 7.17. The van der Waals surface area contributed by atoms with Gasteiger partial charge in [-0.3, -0.25) is 4.79 Å². The number of piperidine rings is 1. The molecule has 24 heavy (non-hydrogen) atoms. The molecule has 1 aliphatic rings. The van der Waals surface area contributed by atoms with Gasteiger partial charge in [0.05, 0.1) is 12.4 Å². The summed E-state index contributed by atoms with van der Waals surface area (Å²) in [6, 6.07) is 6.44. The molecule has 0 saturated carbocycles. The number of hydrogen-bond acceptors (Lipinski definition) is 4. The normalized spacial score (nSPS) is 14.5. The van der Waals surface area contributed by atoms with E-state index in [9.17, 15) is 9.18 Å². The second-order valence-corrected chi connectivity index (χ2v) is 5.94. The highest BCUT2D eigenvalue weighted by atomic mass is 19.1. The lowest BCUT2D eigenvalue weighted by Crippen LogP contribution is -2.36. The van der Waals surface area contributed by atoms with Crippen molar-refractivity contribution in [2.45, 2.75) is 25.7 Å². The molecule has 126 valence electrons. The zero-order valence-electron chi connectivity index (χ0n) is 13.5. The molecular formula is C18H21FN4O. The van der Waals surface area contributed by atoms with Crippen molar-refractivity contribution in [2.24, 2.45) is 0 Å². The molecule has 0 atom stereocenters. The van der Waals surface area contributed by atoms with E-state index in [-0.39, 0.29) is 11.7 Å². The third kappa shape index (κ3) is 4.28. The van der Waals surface area contributed by atoms with E-state index in [1.54, 1.807) is 18.3 Å². The number of anilines is 1. The number of amides is 1. The molecule has 1 aliphatic heterocycles. The van der Waals surface area contributed by atoms with Crippen molar-refractivity contribution < 1.29 is 9.18 Å². The molecule has 3 rings (SSSR count). The minimum Gasteiger partial charge on any atom is -0.368 e. The highest BCUT2D eigenvalue weighted by Crippen LogP contribution is 2.12. The maximum atomic E-state index is 12.8. The zero-order valence-corrected chi connectivity index (χ0v) is 13.5. The van der Waals surface area contributed by atoms with Gasteiger partial charge in [-0.05, 0) is 43.4 Å². The fraction of sp³-hybridized carbons (Fsp3) is 0.389. The second kappa shape index (κ2) is 7.86. The van der Waals surface area contributed by atoms with Gasteiger partial charge in [-0.1, -0.05) is 12.1 Å². The Kier molecular flexibility index (Phi) is 5.36. The van der Waals surface area contributed by atoms with Crippen LogP contribution in [-0.2, 0) is 6.42 Å². The molecule has 0 spiro atoms. The van der Waals surface area contributed by atoms with E-state index in [0.29, 0.717) is 18.1 Å². The summed E-state index contributed by atoms with van der Waals surface area (Å²) in [7, 11) is 0. The number of nitrogens with one attached hydrogen (secondary N) is 1. The van der Waals surface area contributed by atoms with Crippen LogP contribution in [0.15, 0.2) is 36.7 Å². The molecule has 6 heteroatoms. The van der Waals surface area contributed by atoms with Crippen molar-refractivity contribution in [3.63, 3.8) is 0 Å². The van der Waals surface area contributed by atoms with Crippen LogP contribution in [0, 0.1) is 5.82 Å². The average molecular weight is 328 g/mol. The van der Waals surface area contributed by atoms with Crippen LogP contribution in [0.3, 0.4) is 0 Å². The maximum absolute atomic E-state index is 12.8. The minimum absolute atomic E-state index is 0.0416. The monoisotopic (exact) mass is 328 g/mol. The predicted octanol–water partition coefficient (Wildman–Crippen LogP) is 2.90. The largest absolute Gasteiger partial charge is 0.368 e. The summed E-state index contributed by atoms with van der Waals surface area (Å²) in [5.74, 6) is 0.360. The lowest BCUT2D eigenvalue weighted by atomic mass is 10.1. The number of carbonyl (C=O) groups is 1. The van der Waals surface area contributed by atoms with Crippen LogP contribution in [0.1, 0.15) is 35.3 Å². The van der Waals surface area contributed by atoms with E-state index in [1.807, 2.05) is 4.90 Å². The van der Waals surface area contributed by atoms with E-state index in [2.05, 4.69) is 15.3 Å². The fourth-order valence-corrected chi connectivity index (χ4v) is 2.77. The standard InChI is InChI=1S/C18H21FN4O/c19-15-6-4-14(5-7-15)8-9-20-17-13-21-16(12-22-17)18(24)23-10-2-1-3-11-23/h4-7,12-13H,1-3,8-11H2,(H,20,22). The van der Waals surface area contributed by atoms with Crippen LogP contribution < -0.4 is 5.32 Å². The molecule has 1 N–H and O–H groups in total. The quantitative estimate of drug-likeness (QED) is 0.917. The Morgan fingerprint density at radius 1 is 1.08 bits per heavy atom. The van der Waals surface area contributed by atoms with Gasteiger partial charge in [0.15, 0.2) is 0 Å². The van der Waals surface area contributed by atoms with Gasteiger partial charge in [0.1, 0.15) is 17.3 Å². The molecule has 1 aromatic heterocycles. The summed E-state index contributed by atoms with van der Waals surface area (Å²) in [5.41, 5.74) is 1.44. The smallest absolute Gasteiger partial charge is 0.274 e. The lowest BCUT2D eigenvalue weighted by Gasteiger charge is -2.26. The van der Waals surface area contributed by atoms with Gasteiger partial charge in [-0.25, -0.2) is 14.4 Å². The SMILES string of the molecule is O=C(c1cnc(NCCc2ccc(F)cc2)cn1)N1CCCCC1. The molecule has 0 aliphatic carbocycles. The van der Waals surface area contributed by atoms with Gasteiger partial charge in [-0.15, -0.1) is 0 Å². The number of likely N-dealkylation sites (tertiary alicyclic amines) is 1. The predicted molar refractivity (Wildman–Crippen MR) is 90.4 cm³/mol. The van der Waals surface area contributed by atoms with Crippen molar-refractivity contribution >= 4 is 11.7 Å². The van der Waals surface area contributed by atoms with Crippen molar-refractivity contribution in [3.05, 3.63) is 53.7 Å². The Morgan fingerprint density at radius 3 is 2.50 bits per heavy atom. The number of aromatic nitrogens is 2. The fourth-order valence-electron chi connectivity index (χ4n) is 2.77. The van der Waals surface area contributed by atoms with Crippen LogP contribution >= 0.6 is 0 Å². The van der Waals surface area contributed by atoms with E-state index in [1.165, 1.54) is 24.8 Å². The van der Waals surface area contributed by atoms with Gasteiger partial charge in [-0.2, -0.15) is 0 Å². The first-order chi connectivity index (χ1) is 11.7. The van der Waals surface area contributed by atoms with E-state index in [0.717, 1.165) is 37.9 Å². The first-order valence-corrected chi connectivity index (χ1v) is 8.32. The summed E-state index contributed by atoms with van der Waals surface area (Å²) in [6.45, 7) is 2.27. The molecule has 1 amide bonds. The number of benzene rings is 1. The Bertz CT molecular complexity index is 666. The first-order valence-electron chi connectivity index (χ1n) is 8.32. The molecule has 1 fully saturated rings. The van der Waals surface area contributed by atoms with Crippen molar-refractivity contribution in [1.29, 1.82) is 0 Å². The average Bonchev–Trinajstić information content (AvgIpc) is 2.64. The number of halogens is 1. The van der Waals surface area contributed by atoms with Gasteiger partial charge < -0.3 is 10.2 Å². The van der Waals surface area contributed by atoms with Gasteiger partial charge in [0, 0.05) is 19.6 Å². The van der Waals surface area contributed by atoms with E-state index >= 15 is 0 Å². The van der Waals surface area contributed by atoms with Gasteiger partial charge >= 0.3 is 0 Å². The van der Waals surface area contributed by atoms with E-state index < -0.39 is 0 Å². The molecular weight excluding hydrogens is 307 g/mol. The molecule has 2 heterocycles. The summed E-state index contributed by atoms with van der Waals surface area (Å²) < 4.78 is 12.8. The molecule has 0 unspecified atom stereocenters. The van der Waals surface area contributed by atoms with Crippen LogP contribution in [0.2, 0.25) is 0 Å². The summed E-state index contributed by atoms with van der Waals surface area (Å²) in [5, 5.41) is 3.16. The number of carbonyl (C=O) groups excluding carboxylic acids is 1. The highest BCUT2D eigenvalue weighted by molar-refractivity contribution is 5.92.